The number of aromatic amines is 1. The Balaban J connectivity index is 2.24. The van der Waals surface area contributed by atoms with Crippen LogP contribution in [0.4, 0.5) is 5.69 Å². The number of hydrogen-bond donors (Lipinski definition) is 1. The van der Waals surface area contributed by atoms with Crippen molar-refractivity contribution in [2.75, 3.05) is 17.3 Å². The van der Waals surface area contributed by atoms with Gasteiger partial charge in [0.15, 0.2) is 5.75 Å². The maximum Gasteiger partial charge on any atom is 0.308 e. The first-order valence-corrected chi connectivity index (χ1v) is 10.6. The molecule has 1 aliphatic heterocycles. The molecule has 5 nitrogen and oxygen atoms in total. The van der Waals surface area contributed by atoms with Crippen LogP contribution in [-0.4, -0.2) is 29.3 Å². The maximum atomic E-state index is 13.6. The van der Waals surface area contributed by atoms with E-state index >= 15 is 0 Å². The first-order valence-electron chi connectivity index (χ1n) is 10.0. The molecule has 1 N–H and O–H groups in total. The van der Waals surface area contributed by atoms with Crippen LogP contribution in [0.5, 0.6) is 5.75 Å². The van der Waals surface area contributed by atoms with Crippen molar-refractivity contribution in [3.63, 3.8) is 0 Å². The number of benzene rings is 1. The summed E-state index contributed by atoms with van der Waals surface area (Å²) in [6.45, 7) is 10.2. The second-order valence-corrected chi connectivity index (χ2v) is 8.04. The highest BCUT2D eigenvalue weighted by molar-refractivity contribution is 6.19. The largest absolute Gasteiger partial charge is 0.424 e. The molecule has 6 heteroatoms. The summed E-state index contributed by atoms with van der Waals surface area (Å²) < 4.78 is 5.49. The summed E-state index contributed by atoms with van der Waals surface area (Å²) in [5, 5.41) is 1.00. The first kappa shape index (κ1) is 20.7. The Morgan fingerprint density at radius 2 is 1.93 bits per heavy atom. The van der Waals surface area contributed by atoms with E-state index in [1.807, 2.05) is 24.1 Å². The molecule has 2 aromatic rings. The highest BCUT2D eigenvalue weighted by atomic mass is 35.5. The number of halogens is 1. The molecule has 1 aromatic heterocycles. The number of rotatable bonds is 6. The molecular weight excluding hydrogens is 376 g/mol. The predicted molar refractivity (Wildman–Crippen MR) is 113 cm³/mol. The zero-order valence-corrected chi connectivity index (χ0v) is 18.1. The fourth-order valence-corrected chi connectivity index (χ4v) is 4.81. The lowest BCUT2D eigenvalue weighted by Crippen LogP contribution is -2.43. The summed E-state index contributed by atoms with van der Waals surface area (Å²) >= 11 is 6.33. The molecule has 0 aliphatic carbocycles. The molecule has 0 fully saturated rings. The molecule has 1 amide bonds. The van der Waals surface area contributed by atoms with Crippen molar-refractivity contribution in [1.82, 2.24) is 4.98 Å². The van der Waals surface area contributed by atoms with Gasteiger partial charge in [-0.05, 0) is 37.3 Å². The van der Waals surface area contributed by atoms with Gasteiger partial charge in [-0.3, -0.25) is 9.59 Å². The summed E-state index contributed by atoms with van der Waals surface area (Å²) in [7, 11) is 0. The van der Waals surface area contributed by atoms with Crippen LogP contribution in [0, 0.1) is 12.3 Å². The molecule has 1 aromatic carbocycles. The number of fused-ring (bicyclic) bond motifs is 3. The number of hydrogen-bond acceptors (Lipinski definition) is 3. The van der Waals surface area contributed by atoms with Crippen molar-refractivity contribution in [3.05, 3.63) is 23.4 Å². The normalized spacial score (nSPS) is 16.5. The lowest BCUT2D eigenvalue weighted by molar-refractivity contribution is -0.131. The van der Waals surface area contributed by atoms with Crippen LogP contribution < -0.4 is 9.64 Å². The topological polar surface area (TPSA) is 62.4 Å². The number of amides is 1. The third-order valence-electron chi connectivity index (χ3n) is 6.41. The average Bonchev–Trinajstić information content (AvgIpc) is 3.23. The third kappa shape index (κ3) is 3.10. The van der Waals surface area contributed by atoms with Gasteiger partial charge in [-0.2, -0.15) is 0 Å². The number of H-pyrrole nitrogens is 1. The molecule has 1 unspecified atom stereocenters. The van der Waals surface area contributed by atoms with Gasteiger partial charge in [-0.1, -0.05) is 20.8 Å². The fourth-order valence-electron chi connectivity index (χ4n) is 4.56. The van der Waals surface area contributed by atoms with E-state index < -0.39 is 0 Å². The van der Waals surface area contributed by atoms with E-state index in [1.54, 1.807) is 0 Å². The van der Waals surface area contributed by atoms with E-state index in [1.165, 1.54) is 6.92 Å². The van der Waals surface area contributed by atoms with Gasteiger partial charge in [-0.15, -0.1) is 11.6 Å². The first-order chi connectivity index (χ1) is 13.3. The molecule has 0 spiro atoms. The van der Waals surface area contributed by atoms with Gasteiger partial charge < -0.3 is 14.6 Å². The quantitative estimate of drug-likeness (QED) is 0.404. The number of alkyl halides is 1. The molecule has 2 heterocycles. The van der Waals surface area contributed by atoms with Crippen LogP contribution in [0.2, 0.25) is 0 Å². The van der Waals surface area contributed by atoms with Crippen molar-refractivity contribution in [2.24, 2.45) is 5.41 Å². The molecule has 0 bridgehead atoms. The van der Waals surface area contributed by atoms with Crippen LogP contribution in [-0.2, 0) is 9.59 Å². The van der Waals surface area contributed by atoms with Crippen molar-refractivity contribution in [2.45, 2.75) is 59.8 Å². The molecule has 0 radical (unpaired) electrons. The number of aryl methyl sites for hydroxylation is 1. The summed E-state index contributed by atoms with van der Waals surface area (Å²) in [4.78, 5) is 30.4. The Labute approximate surface area is 171 Å². The Morgan fingerprint density at radius 1 is 1.29 bits per heavy atom. The minimum Gasteiger partial charge on any atom is -0.424 e. The summed E-state index contributed by atoms with van der Waals surface area (Å²) in [6.07, 6.45) is 4.28. The van der Waals surface area contributed by atoms with E-state index in [0.717, 1.165) is 47.0 Å². The zero-order valence-electron chi connectivity index (χ0n) is 17.3. The molecule has 0 saturated heterocycles. The monoisotopic (exact) mass is 404 g/mol. The molecular formula is C22H29ClN2O3. The van der Waals surface area contributed by atoms with E-state index in [2.05, 4.69) is 25.8 Å². The highest BCUT2D eigenvalue weighted by Gasteiger charge is 2.42. The van der Waals surface area contributed by atoms with E-state index in [4.69, 9.17) is 16.3 Å². The Hall–Kier alpha value is -2.01. The second kappa shape index (κ2) is 7.78. The van der Waals surface area contributed by atoms with Crippen molar-refractivity contribution in [3.8, 4) is 5.75 Å². The number of carbonyl (C=O) groups is 2. The predicted octanol–water partition coefficient (Wildman–Crippen LogP) is 5.29. The van der Waals surface area contributed by atoms with Gasteiger partial charge in [-0.25, -0.2) is 0 Å². The molecule has 0 saturated carbocycles. The molecule has 3 rings (SSSR count). The number of aromatic nitrogens is 1. The summed E-state index contributed by atoms with van der Waals surface area (Å²) in [5.41, 5.74) is 3.34. The Bertz CT molecular complexity index is 906. The highest BCUT2D eigenvalue weighted by Crippen LogP contribution is 2.48. The van der Waals surface area contributed by atoms with Crippen LogP contribution in [0.1, 0.15) is 64.0 Å². The number of nitrogens with one attached hydrogen (secondary N) is 1. The standard InChI is InChI=1S/C22H29ClN2O3/c1-6-22(7-2,8-3)21(27)25-12-15(10-23)19-16(25)9-17(28-14(5)26)20-18(19)13(4)11-24-20/h9,11,15,24H,6-8,10,12H2,1-5H3. The van der Waals surface area contributed by atoms with Crippen molar-refractivity contribution >= 4 is 40.1 Å². The number of ether oxygens (including phenoxy) is 1. The molecule has 152 valence electrons. The Kier molecular flexibility index (Phi) is 5.76. The second-order valence-electron chi connectivity index (χ2n) is 7.73. The van der Waals surface area contributed by atoms with Crippen molar-refractivity contribution in [1.29, 1.82) is 0 Å². The van der Waals surface area contributed by atoms with E-state index in [-0.39, 0.29) is 23.2 Å². The van der Waals surface area contributed by atoms with Gasteiger partial charge >= 0.3 is 5.97 Å². The third-order valence-corrected chi connectivity index (χ3v) is 6.78. The maximum absolute atomic E-state index is 13.6. The number of esters is 1. The van der Waals surface area contributed by atoms with Gasteiger partial charge in [0.05, 0.1) is 11.2 Å². The lowest BCUT2D eigenvalue weighted by atomic mass is 9.78. The van der Waals surface area contributed by atoms with Crippen LogP contribution in [0.25, 0.3) is 10.9 Å². The van der Waals surface area contributed by atoms with E-state index in [0.29, 0.717) is 18.2 Å². The van der Waals surface area contributed by atoms with E-state index in [9.17, 15) is 9.59 Å². The molecule has 28 heavy (non-hydrogen) atoms. The van der Waals surface area contributed by atoms with Gasteiger partial charge in [0, 0.05) is 48.3 Å². The van der Waals surface area contributed by atoms with Crippen LogP contribution >= 0.6 is 11.6 Å². The van der Waals surface area contributed by atoms with Crippen LogP contribution in [0.15, 0.2) is 12.3 Å². The van der Waals surface area contributed by atoms with Crippen molar-refractivity contribution < 1.29 is 14.3 Å². The zero-order chi connectivity index (χ0) is 20.6. The summed E-state index contributed by atoms with van der Waals surface area (Å²) in [6, 6.07) is 1.82. The average molecular weight is 405 g/mol. The smallest absolute Gasteiger partial charge is 0.308 e. The fraction of sp³-hybridized carbons (Fsp3) is 0.545. The summed E-state index contributed by atoms with van der Waals surface area (Å²) in [5.74, 6) is 0.684. The number of carbonyl (C=O) groups excluding carboxylic acids is 2. The lowest BCUT2D eigenvalue weighted by Gasteiger charge is -2.34. The molecule has 1 atom stereocenters. The SMILES string of the molecule is CCC(CC)(CC)C(=O)N1CC(CCl)c2c1cc(OC(C)=O)c1[nH]cc(C)c21. The minimum atomic E-state index is -0.387. The Morgan fingerprint density at radius 3 is 2.46 bits per heavy atom. The molecule has 1 aliphatic rings. The number of nitrogens with zero attached hydrogens (tertiary/aromatic N) is 1. The van der Waals surface area contributed by atoms with Gasteiger partial charge in [0.1, 0.15) is 0 Å². The number of anilines is 1. The van der Waals surface area contributed by atoms with Gasteiger partial charge in [0.25, 0.3) is 0 Å². The minimum absolute atomic E-state index is 0.0484. The van der Waals surface area contributed by atoms with Crippen LogP contribution in [0.3, 0.4) is 0 Å². The van der Waals surface area contributed by atoms with Gasteiger partial charge in [0.2, 0.25) is 5.91 Å².